The molecule has 0 radical (unpaired) electrons. The van der Waals surface area contributed by atoms with Crippen LogP contribution in [0.1, 0.15) is 42.4 Å². The van der Waals surface area contributed by atoms with Crippen molar-refractivity contribution in [2.75, 3.05) is 7.05 Å². The third kappa shape index (κ3) is 4.08. The molecule has 3 aromatic heterocycles. The summed E-state index contributed by atoms with van der Waals surface area (Å²) in [4.78, 5) is 17.9. The number of pyridine rings is 1. The first kappa shape index (κ1) is 20.7. The van der Waals surface area contributed by atoms with Crippen molar-refractivity contribution in [3.05, 3.63) is 41.0 Å². The highest BCUT2D eigenvalue weighted by Crippen LogP contribution is 2.32. The van der Waals surface area contributed by atoms with Gasteiger partial charge in [0, 0.05) is 25.4 Å². The molecule has 0 saturated carbocycles. The molecule has 3 rings (SSSR count). The van der Waals surface area contributed by atoms with Gasteiger partial charge in [-0.15, -0.1) is 0 Å². The van der Waals surface area contributed by atoms with E-state index in [4.69, 9.17) is 0 Å². The van der Waals surface area contributed by atoms with Crippen LogP contribution in [0.5, 0.6) is 0 Å². The van der Waals surface area contributed by atoms with Crippen LogP contribution in [0.25, 0.3) is 11.0 Å². The van der Waals surface area contributed by atoms with Crippen LogP contribution in [0, 0.1) is 6.92 Å². The second-order valence-electron chi connectivity index (χ2n) is 6.57. The molecule has 11 heteroatoms. The summed E-state index contributed by atoms with van der Waals surface area (Å²) in [7, 11) is 1.58. The van der Waals surface area contributed by atoms with Crippen molar-refractivity contribution in [1.29, 1.82) is 0 Å². The standard InChI is InChI=1S/C18H20F4N6O/c1-4-27-11(5-6-23-27)8-26(3)14(29)9-28-18-15(10(2)25-28)12(16(19)20)7-13(24-18)17(21)22/h5-7,16-17H,4,8-9H2,1-3H3. The van der Waals surface area contributed by atoms with Crippen LogP contribution in [0.4, 0.5) is 17.6 Å². The minimum atomic E-state index is -3.02. The molecule has 0 saturated heterocycles. The van der Waals surface area contributed by atoms with E-state index in [1.54, 1.807) is 24.0 Å². The van der Waals surface area contributed by atoms with E-state index in [2.05, 4.69) is 15.2 Å². The van der Waals surface area contributed by atoms with Crippen molar-refractivity contribution in [3.8, 4) is 0 Å². The van der Waals surface area contributed by atoms with Crippen LogP contribution < -0.4 is 0 Å². The van der Waals surface area contributed by atoms with Gasteiger partial charge in [-0.25, -0.2) is 27.2 Å². The van der Waals surface area contributed by atoms with Gasteiger partial charge in [-0.1, -0.05) is 0 Å². The van der Waals surface area contributed by atoms with E-state index in [0.717, 1.165) is 10.4 Å². The van der Waals surface area contributed by atoms with Gasteiger partial charge in [0.05, 0.1) is 23.3 Å². The van der Waals surface area contributed by atoms with Crippen LogP contribution in [0.15, 0.2) is 18.3 Å². The number of likely N-dealkylation sites (N-methyl/N-ethyl adjacent to an activating group) is 1. The molecule has 29 heavy (non-hydrogen) atoms. The average molecular weight is 412 g/mol. The lowest BCUT2D eigenvalue weighted by Gasteiger charge is -2.18. The maximum absolute atomic E-state index is 13.4. The molecule has 0 aromatic carbocycles. The highest BCUT2D eigenvalue weighted by molar-refractivity contribution is 5.84. The maximum Gasteiger partial charge on any atom is 0.280 e. The number of aromatic nitrogens is 5. The summed E-state index contributed by atoms with van der Waals surface area (Å²) < 4.78 is 55.9. The fourth-order valence-corrected chi connectivity index (χ4v) is 3.16. The molecule has 7 nitrogen and oxygen atoms in total. The van der Waals surface area contributed by atoms with Crippen LogP contribution in [0.3, 0.4) is 0 Å². The third-order valence-electron chi connectivity index (χ3n) is 4.60. The minimum absolute atomic E-state index is 0.0103. The highest BCUT2D eigenvalue weighted by atomic mass is 19.3. The summed E-state index contributed by atoms with van der Waals surface area (Å²) in [6.45, 7) is 4.00. The van der Waals surface area contributed by atoms with E-state index in [9.17, 15) is 22.4 Å². The van der Waals surface area contributed by atoms with Crippen molar-refractivity contribution in [2.45, 2.75) is 46.3 Å². The lowest BCUT2D eigenvalue weighted by atomic mass is 10.1. The van der Waals surface area contributed by atoms with Crippen molar-refractivity contribution in [2.24, 2.45) is 0 Å². The molecular formula is C18H20F4N6O. The number of alkyl halides is 4. The van der Waals surface area contributed by atoms with Gasteiger partial charge in [0.25, 0.3) is 12.9 Å². The summed E-state index contributed by atoms with van der Waals surface area (Å²) in [5.41, 5.74) is -0.481. The van der Waals surface area contributed by atoms with Gasteiger partial charge in [0.15, 0.2) is 5.65 Å². The Labute approximate surface area is 163 Å². The van der Waals surface area contributed by atoms with Gasteiger partial charge < -0.3 is 4.90 Å². The SMILES string of the molecule is CCn1nccc1CN(C)C(=O)Cn1nc(C)c2c(C(F)F)cc(C(F)F)nc21. The molecule has 0 aliphatic heterocycles. The number of nitrogens with zero attached hydrogens (tertiary/aromatic N) is 6. The van der Waals surface area contributed by atoms with Crippen LogP contribution in [-0.4, -0.2) is 42.4 Å². The van der Waals surface area contributed by atoms with Gasteiger partial charge in [-0.2, -0.15) is 10.2 Å². The third-order valence-corrected chi connectivity index (χ3v) is 4.60. The van der Waals surface area contributed by atoms with Gasteiger partial charge in [-0.3, -0.25) is 9.48 Å². The zero-order valence-electron chi connectivity index (χ0n) is 16.1. The number of carbonyl (C=O) groups is 1. The summed E-state index contributed by atoms with van der Waals surface area (Å²) in [5.74, 6) is -0.374. The first-order valence-electron chi connectivity index (χ1n) is 8.91. The molecule has 0 atom stereocenters. The van der Waals surface area contributed by atoms with Gasteiger partial charge in [-0.05, 0) is 26.0 Å². The minimum Gasteiger partial charge on any atom is -0.338 e. The number of amides is 1. The van der Waals surface area contributed by atoms with Crippen molar-refractivity contribution < 1.29 is 22.4 Å². The van der Waals surface area contributed by atoms with Crippen molar-refractivity contribution in [1.82, 2.24) is 29.4 Å². The fourth-order valence-electron chi connectivity index (χ4n) is 3.16. The van der Waals surface area contributed by atoms with E-state index >= 15 is 0 Å². The van der Waals surface area contributed by atoms with Gasteiger partial charge in [0.1, 0.15) is 12.2 Å². The molecule has 0 bridgehead atoms. The Morgan fingerprint density at radius 1 is 1.21 bits per heavy atom. The summed E-state index contributed by atoms with van der Waals surface area (Å²) in [6.07, 6.45) is -4.36. The lowest BCUT2D eigenvalue weighted by molar-refractivity contribution is -0.131. The number of hydrogen-bond acceptors (Lipinski definition) is 4. The van der Waals surface area contributed by atoms with E-state index < -0.39 is 24.1 Å². The summed E-state index contributed by atoms with van der Waals surface area (Å²) in [5, 5.41) is 8.22. The van der Waals surface area contributed by atoms with Crippen LogP contribution in [0.2, 0.25) is 0 Å². The summed E-state index contributed by atoms with van der Waals surface area (Å²) >= 11 is 0. The first-order valence-corrected chi connectivity index (χ1v) is 8.91. The van der Waals surface area contributed by atoms with Gasteiger partial charge >= 0.3 is 0 Å². The smallest absolute Gasteiger partial charge is 0.280 e. The molecule has 0 aliphatic rings. The molecule has 1 amide bonds. The number of hydrogen-bond donors (Lipinski definition) is 0. The molecule has 156 valence electrons. The van der Waals surface area contributed by atoms with Crippen LogP contribution in [-0.2, 0) is 24.4 Å². The molecule has 3 heterocycles. The Morgan fingerprint density at radius 2 is 1.93 bits per heavy atom. The number of rotatable bonds is 7. The number of carbonyl (C=O) groups excluding carboxylic acids is 1. The normalized spacial score (nSPS) is 11.8. The second kappa shape index (κ2) is 8.18. The van der Waals surface area contributed by atoms with E-state index in [-0.39, 0.29) is 35.7 Å². The molecular weight excluding hydrogens is 392 g/mol. The number of halogens is 4. The lowest BCUT2D eigenvalue weighted by Crippen LogP contribution is -2.31. The highest BCUT2D eigenvalue weighted by Gasteiger charge is 2.24. The molecule has 0 aliphatic carbocycles. The topological polar surface area (TPSA) is 68.8 Å². The Hall–Kier alpha value is -2.98. The van der Waals surface area contributed by atoms with Gasteiger partial charge in [0.2, 0.25) is 5.91 Å². The zero-order valence-corrected chi connectivity index (χ0v) is 16.1. The largest absolute Gasteiger partial charge is 0.338 e. The van der Waals surface area contributed by atoms with E-state index in [1.165, 1.54) is 11.8 Å². The molecule has 0 spiro atoms. The second-order valence-corrected chi connectivity index (χ2v) is 6.57. The predicted molar refractivity (Wildman–Crippen MR) is 96.6 cm³/mol. The molecule has 0 fully saturated rings. The Morgan fingerprint density at radius 3 is 2.55 bits per heavy atom. The molecule has 3 aromatic rings. The van der Waals surface area contributed by atoms with Crippen molar-refractivity contribution >= 4 is 16.9 Å². The fraction of sp³-hybridized carbons (Fsp3) is 0.444. The monoisotopic (exact) mass is 412 g/mol. The Kier molecular flexibility index (Phi) is 5.85. The number of aryl methyl sites for hydroxylation is 2. The van der Waals surface area contributed by atoms with Crippen LogP contribution >= 0.6 is 0 Å². The Balaban J connectivity index is 1.92. The van der Waals surface area contributed by atoms with E-state index in [0.29, 0.717) is 12.6 Å². The summed E-state index contributed by atoms with van der Waals surface area (Å²) in [6, 6.07) is 2.47. The van der Waals surface area contributed by atoms with Crippen molar-refractivity contribution in [3.63, 3.8) is 0 Å². The predicted octanol–water partition coefficient (Wildman–Crippen LogP) is 3.49. The molecule has 0 N–H and O–H groups in total. The van der Waals surface area contributed by atoms with E-state index in [1.807, 2.05) is 6.92 Å². The number of fused-ring (bicyclic) bond motifs is 1. The maximum atomic E-state index is 13.4. The zero-order chi connectivity index (χ0) is 21.3. The quantitative estimate of drug-likeness (QED) is 0.557. The Bertz CT molecular complexity index is 1030. The average Bonchev–Trinajstić information content (AvgIpc) is 3.24. The molecule has 0 unspecified atom stereocenters. The first-order chi connectivity index (χ1) is 13.7.